The third-order valence-corrected chi connectivity index (χ3v) is 3.42. The normalized spacial score (nSPS) is 10.5. The van der Waals surface area contributed by atoms with Crippen LogP contribution in [0.15, 0.2) is 34.8 Å². The summed E-state index contributed by atoms with van der Waals surface area (Å²) in [6.07, 6.45) is 0. The van der Waals surface area contributed by atoms with Gasteiger partial charge in [0.1, 0.15) is 17.5 Å². The van der Waals surface area contributed by atoms with E-state index in [0.29, 0.717) is 6.07 Å². The Kier molecular flexibility index (Phi) is 4.52. The fourth-order valence-electron chi connectivity index (χ4n) is 1.76. The zero-order chi connectivity index (χ0) is 15.6. The summed E-state index contributed by atoms with van der Waals surface area (Å²) in [5.74, 6) is -2.79. The summed E-state index contributed by atoms with van der Waals surface area (Å²) < 4.78 is 40.4. The number of carbonyl (C=O) groups is 1. The molecule has 0 aliphatic rings. The lowest BCUT2D eigenvalue weighted by Gasteiger charge is -2.11. The molecule has 0 aliphatic heterocycles. The maximum atomic E-state index is 13.6. The van der Waals surface area contributed by atoms with Crippen molar-refractivity contribution in [2.24, 2.45) is 5.73 Å². The van der Waals surface area contributed by atoms with Crippen LogP contribution in [-0.2, 0) is 6.54 Å². The van der Waals surface area contributed by atoms with Gasteiger partial charge in [-0.25, -0.2) is 13.2 Å². The molecule has 0 radical (unpaired) electrons. The number of rotatable bonds is 4. The van der Waals surface area contributed by atoms with Crippen molar-refractivity contribution in [3.8, 4) is 0 Å². The molecule has 0 aromatic heterocycles. The van der Waals surface area contributed by atoms with Gasteiger partial charge in [0, 0.05) is 28.2 Å². The first-order chi connectivity index (χ1) is 9.88. The molecule has 0 atom stereocenters. The number of hydrogen-bond acceptors (Lipinski definition) is 2. The Bertz CT molecular complexity index is 684. The van der Waals surface area contributed by atoms with Crippen LogP contribution in [0.1, 0.15) is 15.9 Å². The van der Waals surface area contributed by atoms with Gasteiger partial charge in [0.05, 0.1) is 5.69 Å². The number of benzene rings is 2. The van der Waals surface area contributed by atoms with Crippen molar-refractivity contribution in [2.75, 3.05) is 5.32 Å². The van der Waals surface area contributed by atoms with Crippen molar-refractivity contribution in [1.82, 2.24) is 0 Å². The van der Waals surface area contributed by atoms with Gasteiger partial charge in [-0.3, -0.25) is 4.79 Å². The smallest absolute Gasteiger partial charge is 0.248 e. The lowest BCUT2D eigenvalue weighted by molar-refractivity contribution is 0.1000. The number of anilines is 1. The highest BCUT2D eigenvalue weighted by molar-refractivity contribution is 9.10. The molecule has 3 nitrogen and oxygen atoms in total. The highest BCUT2D eigenvalue weighted by atomic mass is 79.9. The van der Waals surface area contributed by atoms with Crippen molar-refractivity contribution in [2.45, 2.75) is 6.54 Å². The van der Waals surface area contributed by atoms with Crippen molar-refractivity contribution >= 4 is 27.5 Å². The van der Waals surface area contributed by atoms with Gasteiger partial charge in [-0.1, -0.05) is 0 Å². The standard InChI is InChI=1S/C14H10BrF3N2O/c15-10-4-9(16)5-12(18)13(10)20-6-8-3-7(14(19)21)1-2-11(8)17/h1-5,20H,6H2,(H2,19,21). The minimum absolute atomic E-state index is 0.000257. The number of hydrogen-bond donors (Lipinski definition) is 2. The Balaban J connectivity index is 2.24. The second kappa shape index (κ2) is 6.17. The summed E-state index contributed by atoms with van der Waals surface area (Å²) >= 11 is 3.02. The van der Waals surface area contributed by atoms with E-state index in [1.807, 2.05) is 0 Å². The maximum Gasteiger partial charge on any atom is 0.248 e. The fraction of sp³-hybridized carbons (Fsp3) is 0.0714. The number of nitrogens with one attached hydrogen (secondary N) is 1. The largest absolute Gasteiger partial charge is 0.378 e. The molecule has 0 saturated carbocycles. The third-order valence-electron chi connectivity index (χ3n) is 2.79. The molecule has 0 heterocycles. The molecule has 0 spiro atoms. The number of amides is 1. The molecule has 3 N–H and O–H groups in total. The topological polar surface area (TPSA) is 55.1 Å². The molecule has 0 saturated heterocycles. The summed E-state index contributed by atoms with van der Waals surface area (Å²) in [5, 5.41) is 2.65. The zero-order valence-corrected chi connectivity index (χ0v) is 12.2. The van der Waals surface area contributed by atoms with Gasteiger partial charge in [-0.2, -0.15) is 0 Å². The number of halogens is 4. The molecule has 0 unspecified atom stereocenters. The van der Waals surface area contributed by atoms with E-state index < -0.39 is 23.4 Å². The Morgan fingerprint density at radius 2 is 1.86 bits per heavy atom. The third kappa shape index (κ3) is 3.55. The minimum atomic E-state index is -0.812. The molecule has 21 heavy (non-hydrogen) atoms. The summed E-state index contributed by atoms with van der Waals surface area (Å²) in [5.41, 5.74) is 5.40. The lowest BCUT2D eigenvalue weighted by Crippen LogP contribution is -2.12. The molecular formula is C14H10BrF3N2O. The van der Waals surface area contributed by atoms with Crippen LogP contribution < -0.4 is 11.1 Å². The van der Waals surface area contributed by atoms with Crippen LogP contribution >= 0.6 is 15.9 Å². The van der Waals surface area contributed by atoms with Crippen LogP contribution in [0.2, 0.25) is 0 Å². The van der Waals surface area contributed by atoms with Gasteiger partial charge in [-0.05, 0) is 40.2 Å². The van der Waals surface area contributed by atoms with E-state index in [4.69, 9.17) is 5.73 Å². The summed E-state index contributed by atoms with van der Waals surface area (Å²) in [6.45, 7) is -0.0892. The molecule has 110 valence electrons. The lowest BCUT2D eigenvalue weighted by atomic mass is 10.1. The predicted molar refractivity (Wildman–Crippen MR) is 76.3 cm³/mol. The highest BCUT2D eigenvalue weighted by Crippen LogP contribution is 2.27. The molecule has 2 aromatic rings. The van der Waals surface area contributed by atoms with Crippen molar-refractivity contribution in [3.05, 3.63) is 63.4 Å². The van der Waals surface area contributed by atoms with E-state index in [1.165, 1.54) is 12.1 Å². The first-order valence-corrected chi connectivity index (χ1v) is 6.64. The highest BCUT2D eigenvalue weighted by Gasteiger charge is 2.11. The molecule has 0 fully saturated rings. The van der Waals surface area contributed by atoms with Gasteiger partial charge < -0.3 is 11.1 Å². The second-order valence-corrected chi connectivity index (χ2v) is 5.12. The molecule has 7 heteroatoms. The van der Waals surface area contributed by atoms with Gasteiger partial charge >= 0.3 is 0 Å². The first-order valence-electron chi connectivity index (χ1n) is 5.85. The number of nitrogens with two attached hydrogens (primary N) is 1. The Hall–Kier alpha value is -2.02. The summed E-state index contributed by atoms with van der Waals surface area (Å²) in [4.78, 5) is 11.1. The zero-order valence-electron chi connectivity index (χ0n) is 10.6. The van der Waals surface area contributed by atoms with Crippen LogP contribution in [0.5, 0.6) is 0 Å². The van der Waals surface area contributed by atoms with Gasteiger partial charge in [0.2, 0.25) is 5.91 Å². The molecule has 2 aromatic carbocycles. The number of primary amides is 1. The molecule has 2 rings (SSSR count). The average molecular weight is 359 g/mol. The molecular weight excluding hydrogens is 349 g/mol. The van der Waals surface area contributed by atoms with Crippen molar-refractivity contribution < 1.29 is 18.0 Å². The quantitative estimate of drug-likeness (QED) is 0.877. The van der Waals surface area contributed by atoms with Gasteiger partial charge in [-0.15, -0.1) is 0 Å². The van der Waals surface area contributed by atoms with Gasteiger partial charge in [0.25, 0.3) is 0 Å². The van der Waals surface area contributed by atoms with Crippen LogP contribution in [0.4, 0.5) is 18.9 Å². The number of carbonyl (C=O) groups excluding carboxylic acids is 1. The fourth-order valence-corrected chi connectivity index (χ4v) is 2.31. The van der Waals surface area contributed by atoms with E-state index in [-0.39, 0.29) is 27.8 Å². The molecule has 0 bridgehead atoms. The van der Waals surface area contributed by atoms with Crippen molar-refractivity contribution in [1.29, 1.82) is 0 Å². The minimum Gasteiger partial charge on any atom is -0.378 e. The maximum absolute atomic E-state index is 13.6. The Morgan fingerprint density at radius 1 is 1.14 bits per heavy atom. The van der Waals surface area contributed by atoms with E-state index in [2.05, 4.69) is 21.2 Å². The van der Waals surface area contributed by atoms with Gasteiger partial charge in [0.15, 0.2) is 0 Å². The van der Waals surface area contributed by atoms with E-state index in [9.17, 15) is 18.0 Å². The average Bonchev–Trinajstić information content (AvgIpc) is 2.39. The molecule has 1 amide bonds. The molecule has 0 aliphatic carbocycles. The summed E-state index contributed by atoms with van der Waals surface area (Å²) in [6, 6.07) is 5.44. The summed E-state index contributed by atoms with van der Waals surface area (Å²) in [7, 11) is 0. The first kappa shape index (κ1) is 15.4. The van der Waals surface area contributed by atoms with E-state index in [0.717, 1.165) is 12.1 Å². The van der Waals surface area contributed by atoms with Crippen molar-refractivity contribution in [3.63, 3.8) is 0 Å². The van der Waals surface area contributed by atoms with E-state index in [1.54, 1.807) is 0 Å². The van der Waals surface area contributed by atoms with Crippen LogP contribution in [-0.4, -0.2) is 5.91 Å². The van der Waals surface area contributed by atoms with Crippen LogP contribution in [0.3, 0.4) is 0 Å². The predicted octanol–water partition coefficient (Wildman–Crippen LogP) is 3.58. The SMILES string of the molecule is NC(=O)c1ccc(F)c(CNc2c(F)cc(F)cc2Br)c1. The Labute approximate surface area is 127 Å². The van der Waals surface area contributed by atoms with Crippen LogP contribution in [0, 0.1) is 17.5 Å². The Morgan fingerprint density at radius 3 is 2.48 bits per heavy atom. The van der Waals surface area contributed by atoms with E-state index >= 15 is 0 Å². The second-order valence-electron chi connectivity index (χ2n) is 4.27. The van der Waals surface area contributed by atoms with Crippen LogP contribution in [0.25, 0.3) is 0 Å². The monoisotopic (exact) mass is 358 g/mol.